The maximum atomic E-state index is 13.0. The molecule has 0 aliphatic heterocycles. The lowest BCUT2D eigenvalue weighted by Crippen LogP contribution is -1.95. The highest BCUT2D eigenvalue weighted by atomic mass is 35.5. The molecule has 11 heavy (non-hydrogen) atoms. The van der Waals surface area contributed by atoms with Gasteiger partial charge in [-0.05, 0) is 25.5 Å². The summed E-state index contributed by atoms with van der Waals surface area (Å²) in [7, 11) is 0. The van der Waals surface area contributed by atoms with Crippen molar-refractivity contribution in [1.29, 1.82) is 0 Å². The van der Waals surface area contributed by atoms with Gasteiger partial charge in [0.25, 0.3) is 0 Å². The fourth-order valence-corrected chi connectivity index (χ4v) is 1.11. The van der Waals surface area contributed by atoms with Crippen molar-refractivity contribution in [2.24, 2.45) is 0 Å². The van der Waals surface area contributed by atoms with Crippen LogP contribution in [-0.2, 0) is 0 Å². The molecule has 1 aromatic rings. The van der Waals surface area contributed by atoms with Gasteiger partial charge in [-0.15, -0.1) is 0 Å². The minimum Gasteiger partial charge on any atom is -0.396 e. The number of hydrogen-bond donors (Lipinski definition) is 1. The van der Waals surface area contributed by atoms with Crippen LogP contribution in [0.25, 0.3) is 0 Å². The average Bonchev–Trinajstić information content (AvgIpc) is 1.97. The van der Waals surface area contributed by atoms with Crippen molar-refractivity contribution < 1.29 is 4.39 Å². The molecule has 0 bridgehead atoms. The lowest BCUT2D eigenvalue weighted by atomic mass is 10.1. The molecule has 0 aromatic heterocycles. The standard InChI is InChI=1S/C8H9ClFN/c1-4-3-6(11)8(10)5(2)7(4)9/h3H,11H2,1-2H3. The largest absolute Gasteiger partial charge is 0.396 e. The third-order valence-electron chi connectivity index (χ3n) is 1.63. The summed E-state index contributed by atoms with van der Waals surface area (Å²) in [6.45, 7) is 3.41. The van der Waals surface area contributed by atoms with Crippen LogP contribution < -0.4 is 5.73 Å². The van der Waals surface area contributed by atoms with E-state index in [4.69, 9.17) is 17.3 Å². The van der Waals surface area contributed by atoms with Gasteiger partial charge in [-0.25, -0.2) is 4.39 Å². The molecule has 0 unspecified atom stereocenters. The van der Waals surface area contributed by atoms with E-state index in [0.29, 0.717) is 10.6 Å². The maximum Gasteiger partial charge on any atom is 0.150 e. The van der Waals surface area contributed by atoms with Gasteiger partial charge in [0.2, 0.25) is 0 Å². The SMILES string of the molecule is Cc1cc(N)c(F)c(C)c1Cl. The maximum absolute atomic E-state index is 13.0. The number of nitrogens with two attached hydrogens (primary N) is 1. The van der Waals surface area contributed by atoms with E-state index in [1.54, 1.807) is 13.8 Å². The zero-order valence-corrected chi connectivity index (χ0v) is 7.17. The molecular weight excluding hydrogens is 165 g/mol. The van der Waals surface area contributed by atoms with Crippen LogP contribution in [-0.4, -0.2) is 0 Å². The second kappa shape index (κ2) is 2.70. The Labute approximate surface area is 70.0 Å². The number of benzene rings is 1. The van der Waals surface area contributed by atoms with Gasteiger partial charge in [-0.1, -0.05) is 11.6 Å². The number of hydrogen-bond acceptors (Lipinski definition) is 1. The van der Waals surface area contributed by atoms with E-state index in [-0.39, 0.29) is 5.69 Å². The van der Waals surface area contributed by atoms with Crippen molar-refractivity contribution in [3.63, 3.8) is 0 Å². The lowest BCUT2D eigenvalue weighted by Gasteiger charge is -2.05. The second-order valence-corrected chi connectivity index (χ2v) is 2.91. The van der Waals surface area contributed by atoms with E-state index in [1.165, 1.54) is 6.07 Å². The highest BCUT2D eigenvalue weighted by molar-refractivity contribution is 6.32. The summed E-state index contributed by atoms with van der Waals surface area (Å²) in [5.74, 6) is -0.416. The van der Waals surface area contributed by atoms with E-state index in [0.717, 1.165) is 5.56 Å². The zero-order chi connectivity index (χ0) is 8.59. The van der Waals surface area contributed by atoms with Crippen LogP contribution in [0.4, 0.5) is 10.1 Å². The van der Waals surface area contributed by atoms with Crippen LogP contribution >= 0.6 is 11.6 Å². The van der Waals surface area contributed by atoms with Crippen molar-refractivity contribution in [3.8, 4) is 0 Å². The summed E-state index contributed by atoms with van der Waals surface area (Å²) in [5.41, 5.74) is 6.74. The van der Waals surface area contributed by atoms with E-state index in [9.17, 15) is 4.39 Å². The van der Waals surface area contributed by atoms with Crippen LogP contribution in [0.15, 0.2) is 6.07 Å². The molecule has 0 radical (unpaired) electrons. The first kappa shape index (κ1) is 8.34. The fourth-order valence-electron chi connectivity index (χ4n) is 0.969. The molecule has 0 amide bonds. The summed E-state index contributed by atoms with van der Waals surface area (Å²) < 4.78 is 13.0. The molecule has 1 nitrogen and oxygen atoms in total. The predicted octanol–water partition coefficient (Wildman–Crippen LogP) is 2.68. The first-order valence-corrected chi connectivity index (χ1v) is 3.62. The molecule has 0 saturated heterocycles. The monoisotopic (exact) mass is 173 g/mol. The predicted molar refractivity (Wildman–Crippen MR) is 45.3 cm³/mol. The third-order valence-corrected chi connectivity index (χ3v) is 2.21. The van der Waals surface area contributed by atoms with Crippen molar-refractivity contribution in [3.05, 3.63) is 28.0 Å². The first-order valence-electron chi connectivity index (χ1n) is 3.24. The smallest absolute Gasteiger partial charge is 0.150 e. The van der Waals surface area contributed by atoms with Gasteiger partial charge in [0.15, 0.2) is 0 Å². The molecule has 2 N–H and O–H groups in total. The van der Waals surface area contributed by atoms with Gasteiger partial charge in [0, 0.05) is 10.6 Å². The summed E-state index contributed by atoms with van der Waals surface area (Å²) in [6.07, 6.45) is 0. The Morgan fingerprint density at radius 1 is 1.45 bits per heavy atom. The zero-order valence-electron chi connectivity index (χ0n) is 6.41. The molecule has 1 aromatic carbocycles. The van der Waals surface area contributed by atoms with Crippen molar-refractivity contribution in [2.45, 2.75) is 13.8 Å². The van der Waals surface area contributed by atoms with Crippen LogP contribution in [0.5, 0.6) is 0 Å². The number of aryl methyl sites for hydroxylation is 1. The molecule has 60 valence electrons. The summed E-state index contributed by atoms with van der Waals surface area (Å²) >= 11 is 5.76. The summed E-state index contributed by atoms with van der Waals surface area (Å²) in [5, 5.41) is 0.455. The highest BCUT2D eigenvalue weighted by Gasteiger charge is 2.08. The van der Waals surface area contributed by atoms with Gasteiger partial charge in [-0.2, -0.15) is 0 Å². The first-order chi connectivity index (χ1) is 5.04. The van der Waals surface area contributed by atoms with Crippen LogP contribution in [0.1, 0.15) is 11.1 Å². The molecule has 0 heterocycles. The van der Waals surface area contributed by atoms with Gasteiger partial charge in [0.1, 0.15) is 5.82 Å². The molecule has 0 spiro atoms. The van der Waals surface area contributed by atoms with Gasteiger partial charge >= 0.3 is 0 Å². The Hall–Kier alpha value is -0.760. The number of rotatable bonds is 0. The molecule has 3 heteroatoms. The van der Waals surface area contributed by atoms with E-state index >= 15 is 0 Å². The summed E-state index contributed by atoms with van der Waals surface area (Å²) in [4.78, 5) is 0. The average molecular weight is 174 g/mol. The van der Waals surface area contributed by atoms with E-state index in [1.807, 2.05) is 0 Å². The van der Waals surface area contributed by atoms with Gasteiger partial charge in [0.05, 0.1) is 5.69 Å². The third kappa shape index (κ3) is 1.31. The Balaban J connectivity index is 3.46. The minimum absolute atomic E-state index is 0.157. The molecular formula is C8H9ClFN. The van der Waals surface area contributed by atoms with Crippen LogP contribution in [0, 0.1) is 19.7 Å². The Kier molecular flexibility index (Phi) is 2.05. The number of halogens is 2. The molecule has 0 saturated carbocycles. The number of nitrogen functional groups attached to an aromatic ring is 1. The van der Waals surface area contributed by atoms with Crippen molar-refractivity contribution >= 4 is 17.3 Å². The number of anilines is 1. The normalized spacial score (nSPS) is 10.2. The van der Waals surface area contributed by atoms with Crippen molar-refractivity contribution in [1.82, 2.24) is 0 Å². The topological polar surface area (TPSA) is 26.0 Å². The minimum atomic E-state index is -0.416. The molecule has 0 atom stereocenters. The van der Waals surface area contributed by atoms with Gasteiger partial charge < -0.3 is 5.73 Å². The lowest BCUT2D eigenvalue weighted by molar-refractivity contribution is 0.623. The highest BCUT2D eigenvalue weighted by Crippen LogP contribution is 2.26. The van der Waals surface area contributed by atoms with Gasteiger partial charge in [-0.3, -0.25) is 0 Å². The Morgan fingerprint density at radius 3 is 2.55 bits per heavy atom. The fraction of sp³-hybridized carbons (Fsp3) is 0.250. The molecule has 0 fully saturated rings. The Morgan fingerprint density at radius 2 is 2.00 bits per heavy atom. The van der Waals surface area contributed by atoms with Crippen molar-refractivity contribution in [2.75, 3.05) is 5.73 Å². The second-order valence-electron chi connectivity index (χ2n) is 2.54. The van der Waals surface area contributed by atoms with E-state index in [2.05, 4.69) is 0 Å². The quantitative estimate of drug-likeness (QED) is 0.600. The molecule has 1 rings (SSSR count). The Bertz CT molecular complexity index is 270. The van der Waals surface area contributed by atoms with Crippen LogP contribution in [0.3, 0.4) is 0 Å². The van der Waals surface area contributed by atoms with Crippen LogP contribution in [0.2, 0.25) is 5.02 Å². The molecule has 0 aliphatic rings. The summed E-state index contributed by atoms with van der Waals surface area (Å²) in [6, 6.07) is 1.53. The van der Waals surface area contributed by atoms with E-state index < -0.39 is 5.82 Å². The molecule has 0 aliphatic carbocycles.